The topological polar surface area (TPSA) is 42.8 Å². The average Bonchev–Trinajstić information content (AvgIpc) is 2.58. The van der Waals surface area contributed by atoms with Gasteiger partial charge in [0.1, 0.15) is 0 Å². The second-order valence-corrected chi connectivity index (χ2v) is 5.27. The number of hydrogen-bond acceptors (Lipinski definition) is 3. The predicted molar refractivity (Wildman–Crippen MR) is 73.3 cm³/mol. The third-order valence-electron chi connectivity index (χ3n) is 3.53. The second kappa shape index (κ2) is 4.48. The molecule has 2 aromatic rings. The van der Waals surface area contributed by atoms with Crippen molar-refractivity contribution in [3.05, 3.63) is 22.6 Å². The van der Waals surface area contributed by atoms with Crippen LogP contribution >= 0.6 is 12.2 Å². The van der Waals surface area contributed by atoms with Crippen molar-refractivity contribution in [2.75, 3.05) is 6.61 Å². The summed E-state index contributed by atoms with van der Waals surface area (Å²) in [4.78, 5) is 7.74. The SMILES string of the molecule is CCOC1CC(n2c(=S)[nH]c3cc(C)cnc32)C1. The zero-order valence-electron chi connectivity index (χ0n) is 10.6. The zero-order valence-corrected chi connectivity index (χ0v) is 11.5. The summed E-state index contributed by atoms with van der Waals surface area (Å²) in [5, 5.41) is 0. The number of pyridine rings is 1. The number of aromatic nitrogens is 3. The lowest BCUT2D eigenvalue weighted by molar-refractivity contribution is -0.0191. The molecule has 2 heterocycles. The maximum Gasteiger partial charge on any atom is 0.179 e. The monoisotopic (exact) mass is 263 g/mol. The van der Waals surface area contributed by atoms with Gasteiger partial charge in [-0.05, 0) is 50.5 Å². The lowest BCUT2D eigenvalue weighted by Crippen LogP contribution is -2.33. The quantitative estimate of drug-likeness (QED) is 0.865. The molecular formula is C13H17N3OS. The molecule has 0 unspecified atom stereocenters. The van der Waals surface area contributed by atoms with Gasteiger partial charge in [0, 0.05) is 18.8 Å². The van der Waals surface area contributed by atoms with Crippen LogP contribution in [0.2, 0.25) is 0 Å². The van der Waals surface area contributed by atoms with Crippen LogP contribution in [-0.2, 0) is 4.74 Å². The Hall–Kier alpha value is -1.20. The average molecular weight is 263 g/mol. The highest BCUT2D eigenvalue weighted by molar-refractivity contribution is 7.71. The fourth-order valence-electron chi connectivity index (χ4n) is 2.58. The van der Waals surface area contributed by atoms with Crippen molar-refractivity contribution in [3.63, 3.8) is 0 Å². The van der Waals surface area contributed by atoms with Gasteiger partial charge < -0.3 is 9.72 Å². The normalized spacial score (nSPS) is 23.2. The van der Waals surface area contributed by atoms with Crippen molar-refractivity contribution >= 4 is 23.4 Å². The summed E-state index contributed by atoms with van der Waals surface area (Å²) in [6.45, 7) is 4.86. The van der Waals surface area contributed by atoms with E-state index in [-0.39, 0.29) is 0 Å². The zero-order chi connectivity index (χ0) is 12.7. The Morgan fingerprint density at radius 3 is 3.06 bits per heavy atom. The van der Waals surface area contributed by atoms with E-state index in [1.54, 1.807) is 0 Å². The molecular weight excluding hydrogens is 246 g/mol. The summed E-state index contributed by atoms with van der Waals surface area (Å²) in [6, 6.07) is 2.52. The molecule has 3 rings (SSSR count). The van der Waals surface area contributed by atoms with Gasteiger partial charge >= 0.3 is 0 Å². The van der Waals surface area contributed by atoms with Gasteiger partial charge in [-0.3, -0.25) is 4.57 Å². The molecule has 0 bridgehead atoms. The van der Waals surface area contributed by atoms with Crippen LogP contribution in [0.1, 0.15) is 31.4 Å². The Bertz CT molecular complexity index is 625. The van der Waals surface area contributed by atoms with Crippen LogP contribution in [0.25, 0.3) is 11.2 Å². The smallest absolute Gasteiger partial charge is 0.179 e. The van der Waals surface area contributed by atoms with Crippen molar-refractivity contribution in [3.8, 4) is 0 Å². The first-order chi connectivity index (χ1) is 8.69. The Morgan fingerprint density at radius 2 is 2.33 bits per heavy atom. The van der Waals surface area contributed by atoms with Crippen LogP contribution in [0, 0.1) is 11.7 Å². The van der Waals surface area contributed by atoms with Gasteiger partial charge in [-0.1, -0.05) is 0 Å². The number of imidazole rings is 1. The number of nitrogens with one attached hydrogen (secondary N) is 1. The molecule has 0 aromatic carbocycles. The molecule has 0 saturated heterocycles. The molecule has 0 spiro atoms. The van der Waals surface area contributed by atoms with E-state index in [4.69, 9.17) is 17.0 Å². The standard InChI is InChI=1S/C13H17N3OS/c1-3-17-10-5-9(6-10)16-12-11(15-13(16)18)4-8(2)7-14-12/h4,7,9-10H,3,5-6H2,1-2H3,(H,15,18). The number of aryl methyl sites for hydroxylation is 1. The summed E-state index contributed by atoms with van der Waals surface area (Å²) in [5.41, 5.74) is 3.14. The molecule has 18 heavy (non-hydrogen) atoms. The summed E-state index contributed by atoms with van der Waals surface area (Å²) in [7, 11) is 0. The van der Waals surface area contributed by atoms with Crippen molar-refractivity contribution < 1.29 is 4.74 Å². The van der Waals surface area contributed by atoms with Crippen LogP contribution in [0.5, 0.6) is 0 Å². The molecule has 0 amide bonds. The van der Waals surface area contributed by atoms with E-state index in [1.807, 2.05) is 20.0 Å². The number of rotatable bonds is 3. The molecule has 1 aliphatic rings. The van der Waals surface area contributed by atoms with Crippen molar-refractivity contribution in [2.24, 2.45) is 0 Å². The Labute approximate surface area is 111 Å². The summed E-state index contributed by atoms with van der Waals surface area (Å²) < 4.78 is 8.50. The fourth-order valence-corrected chi connectivity index (χ4v) is 2.92. The molecule has 1 fully saturated rings. The van der Waals surface area contributed by atoms with Gasteiger partial charge in [-0.25, -0.2) is 4.98 Å². The van der Waals surface area contributed by atoms with Crippen molar-refractivity contribution in [1.82, 2.24) is 14.5 Å². The first kappa shape index (κ1) is 11.9. The first-order valence-corrected chi connectivity index (χ1v) is 6.78. The lowest BCUT2D eigenvalue weighted by Gasteiger charge is -2.35. The van der Waals surface area contributed by atoms with Crippen LogP contribution in [-0.4, -0.2) is 27.2 Å². The highest BCUT2D eigenvalue weighted by atomic mass is 32.1. The summed E-state index contributed by atoms with van der Waals surface area (Å²) in [6.07, 6.45) is 4.34. The molecule has 1 N–H and O–H groups in total. The largest absolute Gasteiger partial charge is 0.378 e. The van der Waals surface area contributed by atoms with Crippen LogP contribution in [0.3, 0.4) is 0 Å². The fraction of sp³-hybridized carbons (Fsp3) is 0.538. The maximum absolute atomic E-state index is 5.60. The molecule has 4 nitrogen and oxygen atoms in total. The maximum atomic E-state index is 5.60. The predicted octanol–water partition coefficient (Wildman–Crippen LogP) is 3.14. The van der Waals surface area contributed by atoms with Gasteiger partial charge in [-0.15, -0.1) is 0 Å². The highest BCUT2D eigenvalue weighted by Gasteiger charge is 2.32. The number of ether oxygens (including phenoxy) is 1. The second-order valence-electron chi connectivity index (χ2n) is 4.89. The van der Waals surface area contributed by atoms with Crippen molar-refractivity contribution in [2.45, 2.75) is 38.8 Å². The number of fused-ring (bicyclic) bond motifs is 1. The van der Waals surface area contributed by atoms with Crippen molar-refractivity contribution in [1.29, 1.82) is 0 Å². The minimum Gasteiger partial charge on any atom is -0.378 e. The first-order valence-electron chi connectivity index (χ1n) is 6.37. The number of hydrogen-bond donors (Lipinski definition) is 1. The third-order valence-corrected chi connectivity index (χ3v) is 3.83. The molecule has 0 atom stereocenters. The van der Waals surface area contributed by atoms with Gasteiger partial charge in [0.2, 0.25) is 0 Å². The molecule has 1 saturated carbocycles. The van der Waals surface area contributed by atoms with E-state index < -0.39 is 0 Å². The number of nitrogens with zero attached hydrogens (tertiary/aromatic N) is 2. The third kappa shape index (κ3) is 1.87. The van der Waals surface area contributed by atoms with Crippen LogP contribution < -0.4 is 0 Å². The van der Waals surface area contributed by atoms with E-state index in [1.165, 1.54) is 0 Å². The van der Waals surface area contributed by atoms with E-state index in [0.29, 0.717) is 12.1 Å². The minimum absolute atomic E-state index is 0.386. The Kier molecular flexibility index (Phi) is 2.95. The molecule has 5 heteroatoms. The van der Waals surface area contributed by atoms with E-state index in [9.17, 15) is 0 Å². The lowest BCUT2D eigenvalue weighted by atomic mass is 9.89. The molecule has 0 radical (unpaired) electrons. The summed E-state index contributed by atoms with van der Waals surface area (Å²) in [5.74, 6) is 0. The highest BCUT2D eigenvalue weighted by Crippen LogP contribution is 2.36. The summed E-state index contributed by atoms with van der Waals surface area (Å²) >= 11 is 5.40. The molecule has 0 aliphatic heterocycles. The van der Waals surface area contributed by atoms with E-state index >= 15 is 0 Å². The van der Waals surface area contributed by atoms with Gasteiger partial charge in [0.25, 0.3) is 0 Å². The van der Waals surface area contributed by atoms with E-state index in [0.717, 1.165) is 40.9 Å². The number of aromatic amines is 1. The minimum atomic E-state index is 0.386. The van der Waals surface area contributed by atoms with Gasteiger partial charge in [0.05, 0.1) is 11.6 Å². The molecule has 1 aliphatic carbocycles. The van der Waals surface area contributed by atoms with E-state index in [2.05, 4.69) is 20.6 Å². The molecule has 2 aromatic heterocycles. The Balaban J connectivity index is 1.93. The number of H-pyrrole nitrogens is 1. The molecule has 96 valence electrons. The van der Waals surface area contributed by atoms with Gasteiger partial charge in [-0.2, -0.15) is 0 Å². The van der Waals surface area contributed by atoms with Crippen LogP contribution in [0.4, 0.5) is 0 Å². The van der Waals surface area contributed by atoms with Gasteiger partial charge in [0.15, 0.2) is 10.4 Å². The Morgan fingerprint density at radius 1 is 1.56 bits per heavy atom. The van der Waals surface area contributed by atoms with Crippen LogP contribution in [0.15, 0.2) is 12.3 Å².